The Labute approximate surface area is 176 Å². The molecule has 2 aromatic carbocycles. The van der Waals surface area contributed by atoms with Gasteiger partial charge in [0.15, 0.2) is 0 Å². The monoisotopic (exact) mass is 406 g/mol. The fraction of sp³-hybridized carbons (Fsp3) is 0.348. The minimum Gasteiger partial charge on any atom is -0.323 e. The van der Waals surface area contributed by atoms with Crippen LogP contribution in [0.15, 0.2) is 60.7 Å². The van der Waals surface area contributed by atoms with Crippen molar-refractivity contribution in [3.05, 3.63) is 60.7 Å². The van der Waals surface area contributed by atoms with Gasteiger partial charge in [0.2, 0.25) is 5.91 Å². The Hall–Kier alpha value is -3.35. The number of nitrogens with one attached hydrogen (secondary N) is 2. The summed E-state index contributed by atoms with van der Waals surface area (Å²) >= 11 is 0. The van der Waals surface area contributed by atoms with Crippen LogP contribution in [0.5, 0.6) is 0 Å². The molecular weight excluding hydrogens is 380 g/mol. The van der Waals surface area contributed by atoms with Crippen molar-refractivity contribution in [1.82, 2.24) is 15.6 Å². The molecule has 4 amide bonds. The minimum absolute atomic E-state index is 0.0331. The Bertz CT molecular complexity index is 871. The highest BCUT2D eigenvalue weighted by atomic mass is 16.2. The molecule has 2 aromatic rings. The summed E-state index contributed by atoms with van der Waals surface area (Å²) in [5, 5.41) is 4.59. The lowest BCUT2D eigenvalue weighted by Gasteiger charge is -2.30. The highest BCUT2D eigenvalue weighted by molar-refractivity contribution is 6.07. The topological polar surface area (TPSA) is 81.8 Å². The number of hydrogen-bond donors (Lipinski definition) is 2. The van der Waals surface area contributed by atoms with Crippen LogP contribution in [0.1, 0.15) is 38.5 Å². The summed E-state index contributed by atoms with van der Waals surface area (Å²) < 4.78 is 0. The molecule has 7 nitrogen and oxygen atoms in total. The Morgan fingerprint density at radius 2 is 1.50 bits per heavy atom. The van der Waals surface area contributed by atoms with Crippen molar-refractivity contribution < 1.29 is 14.4 Å². The van der Waals surface area contributed by atoms with Crippen LogP contribution >= 0.6 is 0 Å². The van der Waals surface area contributed by atoms with E-state index in [0.29, 0.717) is 12.8 Å². The maximum absolute atomic E-state index is 12.9. The number of imide groups is 1. The zero-order chi connectivity index (χ0) is 21.0. The molecule has 0 bridgehead atoms. The van der Waals surface area contributed by atoms with E-state index < -0.39 is 11.6 Å². The van der Waals surface area contributed by atoms with E-state index in [1.54, 1.807) is 5.01 Å². The summed E-state index contributed by atoms with van der Waals surface area (Å²) in [6.07, 6.45) is 4.34. The molecule has 1 aliphatic carbocycles. The predicted octanol–water partition coefficient (Wildman–Crippen LogP) is 3.50. The molecule has 1 saturated carbocycles. The number of carbonyl (C=O) groups excluding carboxylic acids is 3. The molecule has 1 saturated heterocycles. The van der Waals surface area contributed by atoms with Gasteiger partial charge in [-0.1, -0.05) is 55.7 Å². The Morgan fingerprint density at radius 1 is 0.933 bits per heavy atom. The number of hydrazine groups is 1. The Balaban J connectivity index is 1.42. The van der Waals surface area contributed by atoms with E-state index in [-0.39, 0.29) is 24.8 Å². The number of nitrogens with zero attached hydrogens (tertiary/aromatic N) is 2. The van der Waals surface area contributed by atoms with Crippen LogP contribution in [0.3, 0.4) is 0 Å². The van der Waals surface area contributed by atoms with Gasteiger partial charge in [0.1, 0.15) is 5.54 Å². The second-order valence-electron chi connectivity index (χ2n) is 7.82. The average Bonchev–Trinajstić information content (AvgIpc) is 3.01. The molecule has 2 fully saturated rings. The summed E-state index contributed by atoms with van der Waals surface area (Å²) in [6.45, 7) is 0.0651. The average molecular weight is 406 g/mol. The number of amides is 4. The normalized spacial score (nSPS) is 17.7. The van der Waals surface area contributed by atoms with Gasteiger partial charge in [0.25, 0.3) is 5.91 Å². The maximum atomic E-state index is 12.9. The second kappa shape index (κ2) is 8.57. The molecule has 0 atom stereocenters. The second-order valence-corrected chi connectivity index (χ2v) is 7.82. The number of para-hydroxylation sites is 2. The molecule has 4 rings (SSSR count). The van der Waals surface area contributed by atoms with Crippen LogP contribution in [-0.4, -0.2) is 34.8 Å². The van der Waals surface area contributed by atoms with E-state index in [0.717, 1.165) is 30.6 Å². The van der Waals surface area contributed by atoms with Gasteiger partial charge in [0, 0.05) is 13.0 Å². The van der Waals surface area contributed by atoms with Crippen molar-refractivity contribution >= 4 is 29.2 Å². The van der Waals surface area contributed by atoms with Crippen molar-refractivity contribution in [3.8, 4) is 0 Å². The van der Waals surface area contributed by atoms with Gasteiger partial charge >= 0.3 is 6.03 Å². The van der Waals surface area contributed by atoms with E-state index >= 15 is 0 Å². The fourth-order valence-electron chi connectivity index (χ4n) is 4.20. The van der Waals surface area contributed by atoms with Gasteiger partial charge in [-0.2, -0.15) is 0 Å². The van der Waals surface area contributed by atoms with Gasteiger partial charge in [-0.25, -0.2) is 4.79 Å². The molecule has 7 heteroatoms. The quantitative estimate of drug-likeness (QED) is 0.568. The summed E-state index contributed by atoms with van der Waals surface area (Å²) in [4.78, 5) is 39.2. The van der Waals surface area contributed by atoms with Crippen LogP contribution in [-0.2, 0) is 9.59 Å². The Kier molecular flexibility index (Phi) is 5.70. The minimum atomic E-state index is -0.758. The van der Waals surface area contributed by atoms with Gasteiger partial charge < -0.3 is 5.32 Å². The van der Waals surface area contributed by atoms with Gasteiger partial charge in [-0.05, 0) is 37.1 Å². The molecule has 0 radical (unpaired) electrons. The first-order valence-corrected chi connectivity index (χ1v) is 10.4. The highest BCUT2D eigenvalue weighted by Crippen LogP contribution is 2.33. The smallest absolute Gasteiger partial charge is 0.323 e. The summed E-state index contributed by atoms with van der Waals surface area (Å²) in [6, 6.07) is 18.6. The number of anilines is 2. The lowest BCUT2D eigenvalue weighted by molar-refractivity contribution is -0.132. The first-order valence-electron chi connectivity index (χ1n) is 10.4. The lowest BCUT2D eigenvalue weighted by atomic mass is 9.82. The molecule has 2 aliphatic rings. The van der Waals surface area contributed by atoms with E-state index in [1.807, 2.05) is 60.7 Å². The third kappa shape index (κ3) is 4.01. The standard InChI is InChI=1S/C23H26N4O3/c28-20(14-17-26-21(29)23(24-22(26)30)15-8-3-9-16-23)25-27(18-10-4-1-5-11-18)19-12-6-2-7-13-19/h1-2,4-7,10-13H,3,8-9,14-17H2,(H,24,30)(H,25,28). The molecular formula is C23H26N4O3. The lowest BCUT2D eigenvalue weighted by Crippen LogP contribution is -2.48. The summed E-state index contributed by atoms with van der Waals surface area (Å²) in [5.74, 6) is -0.462. The van der Waals surface area contributed by atoms with Gasteiger partial charge in [-0.15, -0.1) is 0 Å². The van der Waals surface area contributed by atoms with Gasteiger partial charge in [0.05, 0.1) is 11.4 Å². The van der Waals surface area contributed by atoms with E-state index in [4.69, 9.17) is 0 Å². The molecule has 0 unspecified atom stereocenters. The largest absolute Gasteiger partial charge is 0.325 e. The van der Waals surface area contributed by atoms with Crippen molar-refractivity contribution in [2.75, 3.05) is 11.6 Å². The zero-order valence-corrected chi connectivity index (χ0v) is 16.8. The van der Waals surface area contributed by atoms with Crippen LogP contribution in [0.2, 0.25) is 0 Å². The van der Waals surface area contributed by atoms with Crippen LogP contribution in [0, 0.1) is 0 Å². The molecule has 0 aromatic heterocycles. The Morgan fingerprint density at radius 3 is 2.07 bits per heavy atom. The molecule has 1 aliphatic heterocycles. The van der Waals surface area contributed by atoms with Crippen LogP contribution < -0.4 is 15.8 Å². The third-order valence-corrected chi connectivity index (χ3v) is 5.78. The fourth-order valence-corrected chi connectivity index (χ4v) is 4.20. The van der Waals surface area contributed by atoms with Crippen molar-refractivity contribution in [2.24, 2.45) is 0 Å². The summed E-state index contributed by atoms with van der Waals surface area (Å²) in [7, 11) is 0. The van der Waals surface area contributed by atoms with Crippen molar-refractivity contribution in [3.63, 3.8) is 0 Å². The van der Waals surface area contributed by atoms with E-state index in [9.17, 15) is 14.4 Å². The van der Waals surface area contributed by atoms with Crippen molar-refractivity contribution in [1.29, 1.82) is 0 Å². The molecule has 30 heavy (non-hydrogen) atoms. The highest BCUT2D eigenvalue weighted by Gasteiger charge is 2.51. The molecule has 1 heterocycles. The first kappa shape index (κ1) is 19.9. The first-order chi connectivity index (χ1) is 14.6. The third-order valence-electron chi connectivity index (χ3n) is 5.78. The number of benzene rings is 2. The number of rotatable bonds is 6. The zero-order valence-electron chi connectivity index (χ0n) is 16.8. The summed E-state index contributed by atoms with van der Waals surface area (Å²) in [5.41, 5.74) is 3.77. The van der Waals surface area contributed by atoms with Gasteiger partial charge in [-0.3, -0.25) is 24.9 Å². The van der Waals surface area contributed by atoms with Crippen molar-refractivity contribution in [2.45, 2.75) is 44.1 Å². The van der Waals surface area contributed by atoms with Crippen LogP contribution in [0.25, 0.3) is 0 Å². The molecule has 1 spiro atoms. The number of carbonyl (C=O) groups is 3. The van der Waals surface area contributed by atoms with Crippen LogP contribution in [0.4, 0.5) is 16.2 Å². The van der Waals surface area contributed by atoms with E-state index in [2.05, 4.69) is 10.7 Å². The molecule has 156 valence electrons. The predicted molar refractivity (Wildman–Crippen MR) is 114 cm³/mol. The SMILES string of the molecule is O=C(CCN1C(=O)NC2(CCCCC2)C1=O)NN(c1ccccc1)c1ccccc1. The van der Waals surface area contributed by atoms with E-state index in [1.165, 1.54) is 4.90 Å². The maximum Gasteiger partial charge on any atom is 0.325 e. The number of hydrogen-bond acceptors (Lipinski definition) is 4. The molecule has 2 N–H and O–H groups in total. The number of urea groups is 1.